The van der Waals surface area contributed by atoms with Crippen molar-refractivity contribution in [3.05, 3.63) is 42.5 Å². The minimum absolute atomic E-state index is 0.206. The van der Waals surface area contributed by atoms with Crippen LogP contribution in [0.25, 0.3) is 10.8 Å². The van der Waals surface area contributed by atoms with Gasteiger partial charge in [-0.1, -0.05) is 37.3 Å². The van der Waals surface area contributed by atoms with Gasteiger partial charge in [-0.15, -0.1) is 0 Å². The lowest BCUT2D eigenvalue weighted by molar-refractivity contribution is -0.142. The monoisotopic (exact) mass is 287 g/mol. The Morgan fingerprint density at radius 2 is 1.90 bits per heavy atom. The third-order valence-corrected chi connectivity index (χ3v) is 3.13. The lowest BCUT2D eigenvalue weighted by Gasteiger charge is -2.13. The largest absolute Gasteiger partial charge is 0.484 e. The molecule has 0 spiro atoms. The van der Waals surface area contributed by atoms with Crippen LogP contribution >= 0.6 is 0 Å². The van der Waals surface area contributed by atoms with E-state index in [0.717, 1.165) is 10.8 Å². The maximum atomic E-state index is 11.7. The predicted molar refractivity (Wildman–Crippen MR) is 79.3 cm³/mol. The molecule has 2 aromatic rings. The Kier molecular flexibility index (Phi) is 4.77. The first kappa shape index (κ1) is 14.8. The topological polar surface area (TPSA) is 75.6 Å². The van der Waals surface area contributed by atoms with Gasteiger partial charge in [0.1, 0.15) is 11.8 Å². The van der Waals surface area contributed by atoms with E-state index in [2.05, 4.69) is 5.32 Å². The van der Waals surface area contributed by atoms with Crippen molar-refractivity contribution in [2.45, 2.75) is 19.4 Å². The molecular formula is C16H17NO4. The van der Waals surface area contributed by atoms with Gasteiger partial charge in [-0.3, -0.25) is 4.79 Å². The van der Waals surface area contributed by atoms with E-state index in [-0.39, 0.29) is 6.61 Å². The van der Waals surface area contributed by atoms with Crippen LogP contribution in [0.5, 0.6) is 5.75 Å². The van der Waals surface area contributed by atoms with Crippen LogP contribution in [-0.2, 0) is 9.59 Å². The number of carboxylic acid groups (broad SMARTS) is 1. The predicted octanol–water partition coefficient (Wildman–Crippen LogP) is 2.20. The van der Waals surface area contributed by atoms with E-state index in [4.69, 9.17) is 9.84 Å². The van der Waals surface area contributed by atoms with Crippen LogP contribution in [0.3, 0.4) is 0 Å². The summed E-state index contributed by atoms with van der Waals surface area (Å²) in [5.41, 5.74) is 0. The van der Waals surface area contributed by atoms with E-state index in [0.29, 0.717) is 12.2 Å². The molecule has 0 aromatic heterocycles. The van der Waals surface area contributed by atoms with Gasteiger partial charge in [0, 0.05) is 0 Å². The third kappa shape index (κ3) is 3.95. The van der Waals surface area contributed by atoms with Crippen molar-refractivity contribution in [3.63, 3.8) is 0 Å². The Morgan fingerprint density at radius 3 is 2.57 bits per heavy atom. The SMILES string of the molecule is CCC(NC(=O)COc1ccc2ccccc2c1)C(=O)O. The number of benzene rings is 2. The minimum Gasteiger partial charge on any atom is -0.484 e. The first-order valence-corrected chi connectivity index (χ1v) is 6.74. The molecule has 5 heteroatoms. The second-order valence-electron chi connectivity index (χ2n) is 4.66. The summed E-state index contributed by atoms with van der Waals surface area (Å²) in [6.07, 6.45) is 0.330. The Hall–Kier alpha value is -2.56. The van der Waals surface area contributed by atoms with Crippen molar-refractivity contribution >= 4 is 22.6 Å². The second kappa shape index (κ2) is 6.74. The molecule has 0 radical (unpaired) electrons. The Bertz CT molecular complexity index is 654. The molecule has 110 valence electrons. The number of aliphatic carboxylic acids is 1. The number of ether oxygens (including phenoxy) is 1. The van der Waals surface area contributed by atoms with Crippen LogP contribution in [-0.4, -0.2) is 29.6 Å². The summed E-state index contributed by atoms with van der Waals surface area (Å²) < 4.78 is 5.40. The van der Waals surface area contributed by atoms with Gasteiger partial charge in [0.2, 0.25) is 0 Å². The molecule has 2 rings (SSSR count). The highest BCUT2D eigenvalue weighted by molar-refractivity contribution is 5.85. The zero-order valence-corrected chi connectivity index (χ0v) is 11.7. The summed E-state index contributed by atoms with van der Waals surface area (Å²) in [4.78, 5) is 22.5. The van der Waals surface area contributed by atoms with Crippen LogP contribution < -0.4 is 10.1 Å². The Labute approximate surface area is 122 Å². The summed E-state index contributed by atoms with van der Waals surface area (Å²) in [6, 6.07) is 12.5. The van der Waals surface area contributed by atoms with Gasteiger partial charge in [-0.2, -0.15) is 0 Å². The minimum atomic E-state index is -1.04. The highest BCUT2D eigenvalue weighted by Crippen LogP contribution is 2.20. The molecular weight excluding hydrogens is 270 g/mol. The lowest BCUT2D eigenvalue weighted by atomic mass is 10.1. The molecule has 1 amide bonds. The molecule has 5 nitrogen and oxygen atoms in total. The van der Waals surface area contributed by atoms with Gasteiger partial charge in [-0.25, -0.2) is 4.79 Å². The summed E-state index contributed by atoms with van der Waals surface area (Å²) in [5.74, 6) is -0.916. The summed E-state index contributed by atoms with van der Waals surface area (Å²) >= 11 is 0. The van der Waals surface area contributed by atoms with Crippen molar-refractivity contribution in [2.75, 3.05) is 6.61 Å². The van der Waals surface area contributed by atoms with E-state index in [1.54, 1.807) is 13.0 Å². The number of carbonyl (C=O) groups is 2. The number of fused-ring (bicyclic) bond motifs is 1. The number of nitrogens with one attached hydrogen (secondary N) is 1. The van der Waals surface area contributed by atoms with Crippen molar-refractivity contribution in [3.8, 4) is 5.75 Å². The Balaban J connectivity index is 1.95. The maximum absolute atomic E-state index is 11.7. The molecule has 21 heavy (non-hydrogen) atoms. The Morgan fingerprint density at radius 1 is 1.19 bits per heavy atom. The number of rotatable bonds is 6. The zero-order valence-electron chi connectivity index (χ0n) is 11.7. The molecule has 1 unspecified atom stereocenters. The normalized spacial score (nSPS) is 11.9. The molecule has 0 aliphatic heterocycles. The van der Waals surface area contributed by atoms with Gasteiger partial charge in [0.05, 0.1) is 0 Å². The second-order valence-corrected chi connectivity index (χ2v) is 4.66. The van der Waals surface area contributed by atoms with Crippen molar-refractivity contribution in [1.29, 1.82) is 0 Å². The highest BCUT2D eigenvalue weighted by atomic mass is 16.5. The van der Waals surface area contributed by atoms with Gasteiger partial charge in [-0.05, 0) is 29.3 Å². The standard InChI is InChI=1S/C16H17NO4/c1-2-14(16(19)20)17-15(18)10-21-13-8-7-11-5-3-4-6-12(11)9-13/h3-9,14H,2,10H2,1H3,(H,17,18)(H,19,20). The fraction of sp³-hybridized carbons (Fsp3) is 0.250. The molecule has 0 aliphatic rings. The number of carbonyl (C=O) groups excluding carboxylic acids is 1. The molecule has 0 saturated heterocycles. The molecule has 0 bridgehead atoms. The summed E-state index contributed by atoms with van der Waals surface area (Å²) in [6.45, 7) is 1.49. The molecule has 1 atom stereocenters. The van der Waals surface area contributed by atoms with Gasteiger partial charge >= 0.3 is 5.97 Å². The van der Waals surface area contributed by atoms with Crippen LogP contribution in [0.2, 0.25) is 0 Å². The lowest BCUT2D eigenvalue weighted by Crippen LogP contribution is -2.42. The van der Waals surface area contributed by atoms with E-state index >= 15 is 0 Å². The van der Waals surface area contributed by atoms with Crippen LogP contribution in [0.4, 0.5) is 0 Å². The fourth-order valence-corrected chi connectivity index (χ4v) is 1.98. The zero-order chi connectivity index (χ0) is 15.2. The third-order valence-electron chi connectivity index (χ3n) is 3.13. The van der Waals surface area contributed by atoms with Crippen LogP contribution in [0.1, 0.15) is 13.3 Å². The highest BCUT2D eigenvalue weighted by Gasteiger charge is 2.17. The van der Waals surface area contributed by atoms with Gasteiger partial charge in [0.15, 0.2) is 6.61 Å². The average Bonchev–Trinajstić information content (AvgIpc) is 2.50. The fourth-order valence-electron chi connectivity index (χ4n) is 1.98. The first-order valence-electron chi connectivity index (χ1n) is 6.74. The van der Waals surface area contributed by atoms with Gasteiger partial charge in [0.25, 0.3) is 5.91 Å². The molecule has 0 fully saturated rings. The molecule has 0 saturated carbocycles. The van der Waals surface area contributed by atoms with E-state index < -0.39 is 17.9 Å². The quantitative estimate of drug-likeness (QED) is 0.854. The average molecular weight is 287 g/mol. The number of hydrogen-bond acceptors (Lipinski definition) is 3. The number of hydrogen-bond donors (Lipinski definition) is 2. The smallest absolute Gasteiger partial charge is 0.326 e. The van der Waals surface area contributed by atoms with E-state index in [1.807, 2.05) is 36.4 Å². The van der Waals surface area contributed by atoms with E-state index in [1.165, 1.54) is 0 Å². The summed E-state index contributed by atoms with van der Waals surface area (Å²) in [5, 5.41) is 13.4. The molecule has 2 N–H and O–H groups in total. The summed E-state index contributed by atoms with van der Waals surface area (Å²) in [7, 11) is 0. The van der Waals surface area contributed by atoms with E-state index in [9.17, 15) is 9.59 Å². The van der Waals surface area contributed by atoms with Crippen molar-refractivity contribution in [1.82, 2.24) is 5.32 Å². The number of amides is 1. The van der Waals surface area contributed by atoms with Crippen LogP contribution in [0, 0.1) is 0 Å². The van der Waals surface area contributed by atoms with Crippen molar-refractivity contribution < 1.29 is 19.4 Å². The number of carboxylic acids is 1. The molecule has 0 aliphatic carbocycles. The van der Waals surface area contributed by atoms with Gasteiger partial charge < -0.3 is 15.2 Å². The van der Waals surface area contributed by atoms with Crippen molar-refractivity contribution in [2.24, 2.45) is 0 Å². The van der Waals surface area contributed by atoms with Crippen LogP contribution in [0.15, 0.2) is 42.5 Å². The first-order chi connectivity index (χ1) is 10.1. The maximum Gasteiger partial charge on any atom is 0.326 e. The molecule has 2 aromatic carbocycles. The molecule has 0 heterocycles.